The number of aromatic nitrogens is 1. The van der Waals surface area contributed by atoms with Crippen LogP contribution in [0.2, 0.25) is 0 Å². The molecule has 6 heteroatoms. The molecule has 0 aliphatic heterocycles. The van der Waals surface area contributed by atoms with Crippen LogP contribution < -0.4 is 10.9 Å². The highest BCUT2D eigenvalue weighted by atomic mass is 16.2. The third-order valence-corrected chi connectivity index (χ3v) is 3.81. The maximum Gasteiger partial charge on any atom is 0.261 e. The van der Waals surface area contributed by atoms with Gasteiger partial charge in [0.15, 0.2) is 5.78 Å². The summed E-state index contributed by atoms with van der Waals surface area (Å²) in [6.07, 6.45) is 1.06. The molecule has 0 radical (unpaired) electrons. The van der Waals surface area contributed by atoms with Crippen molar-refractivity contribution in [3.05, 3.63) is 33.2 Å². The normalized spacial score (nSPS) is 16.5. The van der Waals surface area contributed by atoms with E-state index >= 15 is 0 Å². The first-order valence-corrected chi connectivity index (χ1v) is 7.42. The first kappa shape index (κ1) is 16.4. The number of Topliss-reactive ketones (excluding diaryl/α,β-unsaturated/α-hetero) is 1. The molecule has 1 amide bonds. The second kappa shape index (κ2) is 6.04. The molecule has 120 valence electrons. The first-order chi connectivity index (χ1) is 10.2. The third-order valence-electron chi connectivity index (χ3n) is 3.81. The number of nitrogens with zero attached hydrogens (tertiary/aromatic N) is 1. The lowest BCUT2D eigenvalue weighted by molar-refractivity contribution is 0.0910. The first-order valence-electron chi connectivity index (χ1n) is 7.42. The number of rotatable bonds is 4. The number of hydrogen-bond donors (Lipinski definition) is 2. The summed E-state index contributed by atoms with van der Waals surface area (Å²) in [4.78, 5) is 41.1. The van der Waals surface area contributed by atoms with E-state index in [1.54, 1.807) is 0 Å². The molecule has 0 bridgehead atoms. The molecule has 6 nitrogen and oxygen atoms in total. The van der Waals surface area contributed by atoms with Crippen molar-refractivity contribution in [3.63, 3.8) is 0 Å². The molecule has 2 N–H and O–H groups in total. The van der Waals surface area contributed by atoms with E-state index < -0.39 is 11.5 Å². The number of hydrogen-bond acceptors (Lipinski definition) is 4. The van der Waals surface area contributed by atoms with Crippen molar-refractivity contribution >= 4 is 11.7 Å². The van der Waals surface area contributed by atoms with E-state index in [1.807, 2.05) is 32.8 Å². The van der Waals surface area contributed by atoms with Crippen molar-refractivity contribution in [2.45, 2.75) is 26.7 Å². The van der Waals surface area contributed by atoms with E-state index in [9.17, 15) is 14.4 Å². The molecule has 2 rings (SSSR count). The summed E-state index contributed by atoms with van der Waals surface area (Å²) in [6.45, 7) is 5.12. The van der Waals surface area contributed by atoms with Crippen LogP contribution in [0.3, 0.4) is 0 Å². The van der Waals surface area contributed by atoms with Gasteiger partial charge in [-0.1, -0.05) is 13.8 Å². The van der Waals surface area contributed by atoms with Gasteiger partial charge >= 0.3 is 0 Å². The van der Waals surface area contributed by atoms with E-state index in [4.69, 9.17) is 0 Å². The predicted molar refractivity (Wildman–Crippen MR) is 84.4 cm³/mol. The molecule has 1 aromatic heterocycles. The number of amides is 1. The highest BCUT2D eigenvalue weighted by Crippen LogP contribution is 2.33. The Bertz CT molecular complexity index is 659. The van der Waals surface area contributed by atoms with Crippen molar-refractivity contribution in [1.29, 1.82) is 0 Å². The van der Waals surface area contributed by atoms with Crippen LogP contribution >= 0.6 is 0 Å². The Hall–Kier alpha value is -1.95. The maximum absolute atomic E-state index is 12.2. The van der Waals surface area contributed by atoms with Crippen LogP contribution in [0.25, 0.3) is 0 Å². The minimum atomic E-state index is -0.441. The molecular weight excluding hydrogens is 282 g/mol. The van der Waals surface area contributed by atoms with Crippen LogP contribution in [0, 0.1) is 5.41 Å². The average Bonchev–Trinajstić information content (AvgIpc) is 2.35. The van der Waals surface area contributed by atoms with Gasteiger partial charge in [0.1, 0.15) is 5.56 Å². The average molecular weight is 305 g/mol. The molecule has 22 heavy (non-hydrogen) atoms. The van der Waals surface area contributed by atoms with Gasteiger partial charge in [0.25, 0.3) is 11.5 Å². The van der Waals surface area contributed by atoms with Crippen LogP contribution in [0.5, 0.6) is 0 Å². The lowest BCUT2D eigenvalue weighted by Crippen LogP contribution is -2.36. The van der Waals surface area contributed by atoms with E-state index in [1.165, 1.54) is 6.07 Å². The summed E-state index contributed by atoms with van der Waals surface area (Å²) in [5.41, 5.74) is 0.507. The monoisotopic (exact) mass is 305 g/mol. The van der Waals surface area contributed by atoms with Crippen molar-refractivity contribution in [1.82, 2.24) is 15.2 Å². The second-order valence-electron chi connectivity index (χ2n) is 6.90. The minimum Gasteiger partial charge on any atom is -0.351 e. The summed E-state index contributed by atoms with van der Waals surface area (Å²) < 4.78 is 0. The molecule has 1 aliphatic rings. The summed E-state index contributed by atoms with van der Waals surface area (Å²) in [5.74, 6) is -0.464. The molecule has 1 aromatic rings. The van der Waals surface area contributed by atoms with Gasteiger partial charge in [-0.3, -0.25) is 14.4 Å². The Morgan fingerprint density at radius 3 is 2.64 bits per heavy atom. The van der Waals surface area contributed by atoms with Crippen molar-refractivity contribution in [3.8, 4) is 0 Å². The van der Waals surface area contributed by atoms with E-state index in [2.05, 4.69) is 10.3 Å². The number of H-pyrrole nitrogens is 1. The number of pyridine rings is 1. The summed E-state index contributed by atoms with van der Waals surface area (Å²) in [5, 5.41) is 2.70. The Kier molecular flexibility index (Phi) is 4.51. The molecule has 1 aliphatic carbocycles. The smallest absolute Gasteiger partial charge is 0.261 e. The van der Waals surface area contributed by atoms with Crippen molar-refractivity contribution < 1.29 is 9.59 Å². The summed E-state index contributed by atoms with van der Waals surface area (Å²) >= 11 is 0. The molecule has 0 unspecified atom stereocenters. The fourth-order valence-electron chi connectivity index (χ4n) is 2.68. The second-order valence-corrected chi connectivity index (χ2v) is 6.90. The van der Waals surface area contributed by atoms with Crippen molar-refractivity contribution in [2.75, 3.05) is 27.2 Å². The van der Waals surface area contributed by atoms with E-state index in [0.29, 0.717) is 37.2 Å². The van der Waals surface area contributed by atoms with Gasteiger partial charge in [-0.2, -0.15) is 0 Å². The molecular formula is C16H23N3O3. The highest BCUT2D eigenvalue weighted by molar-refractivity contribution is 6.02. The number of carbonyl (C=O) groups excluding carboxylic acids is 2. The van der Waals surface area contributed by atoms with Gasteiger partial charge in [0.05, 0.1) is 0 Å². The van der Waals surface area contributed by atoms with Crippen LogP contribution in [0.4, 0.5) is 0 Å². The fraction of sp³-hybridized carbons (Fsp3) is 0.562. The molecule has 0 spiro atoms. The largest absolute Gasteiger partial charge is 0.351 e. The van der Waals surface area contributed by atoms with Crippen LogP contribution in [-0.4, -0.2) is 48.8 Å². The van der Waals surface area contributed by atoms with Gasteiger partial charge in [0.2, 0.25) is 0 Å². The lowest BCUT2D eigenvalue weighted by Gasteiger charge is -2.29. The quantitative estimate of drug-likeness (QED) is 0.863. The zero-order valence-corrected chi connectivity index (χ0v) is 13.6. The van der Waals surface area contributed by atoms with Crippen molar-refractivity contribution in [2.24, 2.45) is 5.41 Å². The Labute approximate surface area is 129 Å². The molecule has 0 aromatic carbocycles. The number of aromatic amines is 1. The SMILES string of the molecule is CN(C)CCNC(=O)c1cc2c([nH]c1=O)CC(C)(C)CC2=O. The molecule has 1 heterocycles. The van der Waals surface area contributed by atoms with E-state index in [0.717, 1.165) is 0 Å². The molecule has 0 atom stereocenters. The molecule has 0 saturated carbocycles. The van der Waals surface area contributed by atoms with Crippen LogP contribution in [0.15, 0.2) is 10.9 Å². The number of ketones is 1. The summed E-state index contributed by atoms with van der Waals surface area (Å²) in [6, 6.07) is 1.44. The van der Waals surface area contributed by atoms with Crippen LogP contribution in [-0.2, 0) is 6.42 Å². The van der Waals surface area contributed by atoms with Gasteiger partial charge in [-0.15, -0.1) is 0 Å². The maximum atomic E-state index is 12.2. The number of likely N-dealkylation sites (N-methyl/N-ethyl adjacent to an activating group) is 1. The summed E-state index contributed by atoms with van der Waals surface area (Å²) in [7, 11) is 3.80. The standard InChI is InChI=1S/C16H23N3O3/c1-16(2)8-12-10(13(20)9-16)7-11(15(22)18-12)14(21)17-5-6-19(3)4/h7H,5-6,8-9H2,1-4H3,(H,17,21)(H,18,22). The number of nitrogens with one attached hydrogen (secondary N) is 2. The van der Waals surface area contributed by atoms with Crippen LogP contribution in [0.1, 0.15) is 46.7 Å². The topological polar surface area (TPSA) is 82.3 Å². The van der Waals surface area contributed by atoms with Gasteiger partial charge < -0.3 is 15.2 Å². The Morgan fingerprint density at radius 1 is 1.32 bits per heavy atom. The number of fused-ring (bicyclic) bond motifs is 1. The van der Waals surface area contributed by atoms with E-state index in [-0.39, 0.29) is 16.8 Å². The lowest BCUT2D eigenvalue weighted by atomic mass is 9.75. The van der Waals surface area contributed by atoms with Gasteiger partial charge in [-0.25, -0.2) is 0 Å². The molecule has 0 fully saturated rings. The van der Waals surface area contributed by atoms with Gasteiger partial charge in [-0.05, 0) is 32.0 Å². The van der Waals surface area contributed by atoms with Gasteiger partial charge in [0, 0.05) is 30.8 Å². The Balaban J connectivity index is 2.25. The Morgan fingerprint density at radius 2 is 2.00 bits per heavy atom. The number of carbonyl (C=O) groups is 2. The zero-order valence-electron chi connectivity index (χ0n) is 13.6. The highest BCUT2D eigenvalue weighted by Gasteiger charge is 2.32. The predicted octanol–water partition coefficient (Wildman–Crippen LogP) is 0.821. The fourth-order valence-corrected chi connectivity index (χ4v) is 2.68. The third kappa shape index (κ3) is 3.62. The molecule has 0 saturated heterocycles. The minimum absolute atomic E-state index is 0.00515. The zero-order chi connectivity index (χ0) is 16.5.